The maximum Gasteiger partial charge on any atom is 0.266 e. The normalized spacial score (nSPS) is 21.3. The van der Waals surface area contributed by atoms with E-state index in [1.54, 1.807) is 24.3 Å². The van der Waals surface area contributed by atoms with E-state index in [2.05, 4.69) is 0 Å². The number of anilines is 2. The van der Waals surface area contributed by atoms with Gasteiger partial charge in [0, 0.05) is 5.56 Å². The highest BCUT2D eigenvalue weighted by Gasteiger charge is 2.61. The second-order valence-corrected chi connectivity index (χ2v) is 8.43. The summed E-state index contributed by atoms with van der Waals surface area (Å²) in [5, 5.41) is 1.63. The molecule has 8 heteroatoms. The van der Waals surface area contributed by atoms with E-state index in [0.29, 0.717) is 34.2 Å². The topological polar surface area (TPSA) is 77.5 Å². The van der Waals surface area contributed by atoms with E-state index in [4.69, 9.17) is 19.0 Å². The third-order valence-corrected chi connectivity index (χ3v) is 6.44. The van der Waals surface area contributed by atoms with Gasteiger partial charge in [0.05, 0.1) is 32.7 Å². The molecule has 35 heavy (non-hydrogen) atoms. The predicted octanol–water partition coefficient (Wildman–Crippen LogP) is 4.07. The van der Waals surface area contributed by atoms with Crippen molar-refractivity contribution in [3.8, 4) is 17.2 Å². The number of hydrogen-bond acceptors (Lipinski definition) is 7. The molecular weight excluding hydrogens is 448 g/mol. The number of nitrogens with zero attached hydrogens (tertiary/aromatic N) is 2. The SMILES string of the molecule is COc1ccc([C@@H]2[C@H]3C(=O)N(c4cccc(C)c4)C(=O)[C@H]3ON2c2ccccc2)c(OC)c1OC. The van der Waals surface area contributed by atoms with Crippen LogP contribution in [-0.2, 0) is 14.4 Å². The Kier molecular flexibility index (Phi) is 5.82. The standard InChI is InChI=1S/C27H26N2O6/c1-16-9-8-12-18(15-16)28-26(30)21-22(19-13-14-20(32-2)24(34-4)23(19)33-3)29(35-25(21)27(28)31)17-10-6-5-7-11-17/h5-15,21-22,25H,1-4H3/t21-,22-,25+/m1/s1. The number of methoxy groups -OCH3 is 3. The lowest BCUT2D eigenvalue weighted by atomic mass is 9.89. The summed E-state index contributed by atoms with van der Waals surface area (Å²) >= 11 is 0. The molecule has 2 fully saturated rings. The molecule has 2 amide bonds. The number of para-hydroxylation sites is 1. The van der Waals surface area contributed by atoms with Crippen molar-refractivity contribution in [2.75, 3.05) is 31.3 Å². The Morgan fingerprint density at radius 2 is 1.49 bits per heavy atom. The first-order valence-electron chi connectivity index (χ1n) is 11.2. The predicted molar refractivity (Wildman–Crippen MR) is 130 cm³/mol. The number of aryl methyl sites for hydroxylation is 1. The second kappa shape index (κ2) is 8.96. The van der Waals surface area contributed by atoms with Crippen LogP contribution < -0.4 is 24.2 Å². The van der Waals surface area contributed by atoms with Gasteiger partial charge in [0.2, 0.25) is 11.7 Å². The monoisotopic (exact) mass is 474 g/mol. The summed E-state index contributed by atoms with van der Waals surface area (Å²) in [6.45, 7) is 1.92. The summed E-state index contributed by atoms with van der Waals surface area (Å²) in [5.74, 6) is -0.216. The Hall–Kier alpha value is -4.04. The first kappa shape index (κ1) is 22.7. The number of hydrogen-bond donors (Lipinski definition) is 0. The molecule has 0 radical (unpaired) electrons. The van der Waals surface area contributed by atoms with Crippen molar-refractivity contribution in [3.05, 3.63) is 77.9 Å². The minimum absolute atomic E-state index is 0.328. The molecule has 2 saturated heterocycles. The van der Waals surface area contributed by atoms with Crippen LogP contribution in [0.4, 0.5) is 11.4 Å². The molecule has 0 saturated carbocycles. The highest BCUT2D eigenvalue weighted by Crippen LogP contribution is 2.52. The van der Waals surface area contributed by atoms with E-state index in [0.717, 1.165) is 5.56 Å². The van der Waals surface area contributed by atoms with E-state index < -0.39 is 24.0 Å². The van der Waals surface area contributed by atoms with Gasteiger partial charge in [0.1, 0.15) is 12.0 Å². The number of carbonyl (C=O) groups excluding carboxylic acids is 2. The zero-order valence-corrected chi connectivity index (χ0v) is 19.9. The van der Waals surface area contributed by atoms with Crippen molar-refractivity contribution in [1.82, 2.24) is 0 Å². The van der Waals surface area contributed by atoms with Crippen LogP contribution >= 0.6 is 0 Å². The number of amides is 2. The number of carbonyl (C=O) groups is 2. The highest BCUT2D eigenvalue weighted by molar-refractivity contribution is 6.24. The number of ether oxygens (including phenoxy) is 3. The summed E-state index contributed by atoms with van der Waals surface area (Å²) in [5.41, 5.74) is 2.84. The first-order chi connectivity index (χ1) is 17.0. The average molecular weight is 475 g/mol. The van der Waals surface area contributed by atoms with Crippen LogP contribution in [0.1, 0.15) is 17.2 Å². The molecule has 0 aromatic heterocycles. The minimum atomic E-state index is -0.981. The highest BCUT2D eigenvalue weighted by atomic mass is 16.7. The third-order valence-electron chi connectivity index (χ3n) is 6.44. The van der Waals surface area contributed by atoms with Gasteiger partial charge in [-0.3, -0.25) is 14.4 Å². The molecule has 3 atom stereocenters. The molecule has 0 N–H and O–H groups in total. The summed E-state index contributed by atoms with van der Waals surface area (Å²) in [7, 11) is 4.60. The van der Waals surface area contributed by atoms with Gasteiger partial charge in [-0.1, -0.05) is 30.3 Å². The van der Waals surface area contributed by atoms with Crippen molar-refractivity contribution in [2.24, 2.45) is 5.92 Å². The maximum absolute atomic E-state index is 13.8. The van der Waals surface area contributed by atoms with Crippen LogP contribution in [0, 0.1) is 12.8 Å². The number of rotatable bonds is 6. The van der Waals surface area contributed by atoms with Gasteiger partial charge >= 0.3 is 0 Å². The van der Waals surface area contributed by atoms with Crippen molar-refractivity contribution < 1.29 is 28.6 Å². The zero-order valence-electron chi connectivity index (χ0n) is 19.9. The fourth-order valence-corrected chi connectivity index (χ4v) is 4.91. The Morgan fingerprint density at radius 3 is 2.14 bits per heavy atom. The summed E-state index contributed by atoms with van der Waals surface area (Å²) in [6, 6.07) is 19.6. The minimum Gasteiger partial charge on any atom is -0.493 e. The number of fused-ring (bicyclic) bond motifs is 1. The molecule has 0 bridgehead atoms. The zero-order chi connectivity index (χ0) is 24.7. The van der Waals surface area contributed by atoms with E-state index >= 15 is 0 Å². The molecule has 2 heterocycles. The summed E-state index contributed by atoms with van der Waals surface area (Å²) in [4.78, 5) is 34.8. The molecule has 180 valence electrons. The lowest BCUT2D eigenvalue weighted by Gasteiger charge is -2.30. The number of imide groups is 1. The molecule has 8 nitrogen and oxygen atoms in total. The van der Waals surface area contributed by atoms with Gasteiger partial charge < -0.3 is 14.2 Å². The summed E-state index contributed by atoms with van der Waals surface area (Å²) < 4.78 is 16.8. The Bertz CT molecular complexity index is 1280. The van der Waals surface area contributed by atoms with Crippen molar-refractivity contribution >= 4 is 23.2 Å². The van der Waals surface area contributed by atoms with Crippen molar-refractivity contribution in [1.29, 1.82) is 0 Å². The van der Waals surface area contributed by atoms with Crippen molar-refractivity contribution in [3.63, 3.8) is 0 Å². The molecule has 0 spiro atoms. The molecule has 5 rings (SSSR count). The van der Waals surface area contributed by atoms with Gasteiger partial charge in [-0.25, -0.2) is 9.96 Å². The van der Waals surface area contributed by atoms with Crippen LogP contribution in [0.15, 0.2) is 66.7 Å². The van der Waals surface area contributed by atoms with Gasteiger partial charge in [-0.15, -0.1) is 0 Å². The largest absolute Gasteiger partial charge is 0.493 e. The fraction of sp³-hybridized carbons (Fsp3) is 0.259. The van der Waals surface area contributed by atoms with Gasteiger partial charge in [0.25, 0.3) is 5.91 Å². The lowest BCUT2D eigenvalue weighted by molar-refractivity contribution is -0.126. The molecule has 2 aliphatic rings. The van der Waals surface area contributed by atoms with Crippen LogP contribution in [0.2, 0.25) is 0 Å². The summed E-state index contributed by atoms with van der Waals surface area (Å²) in [6.07, 6.45) is -0.981. The van der Waals surface area contributed by atoms with Crippen molar-refractivity contribution in [2.45, 2.75) is 19.1 Å². The van der Waals surface area contributed by atoms with Crippen LogP contribution in [-0.4, -0.2) is 39.2 Å². The van der Waals surface area contributed by atoms with E-state index in [1.165, 1.54) is 19.1 Å². The molecule has 0 unspecified atom stereocenters. The lowest BCUT2D eigenvalue weighted by Crippen LogP contribution is -2.37. The van der Waals surface area contributed by atoms with E-state index in [-0.39, 0.29) is 5.91 Å². The molecule has 2 aliphatic heterocycles. The average Bonchev–Trinajstić information content (AvgIpc) is 3.39. The maximum atomic E-state index is 13.8. The fourth-order valence-electron chi connectivity index (χ4n) is 4.91. The second-order valence-electron chi connectivity index (χ2n) is 8.43. The van der Waals surface area contributed by atoms with Crippen LogP contribution in [0.3, 0.4) is 0 Å². The third kappa shape index (κ3) is 3.57. The Morgan fingerprint density at radius 1 is 0.771 bits per heavy atom. The number of hydroxylamine groups is 1. The van der Waals surface area contributed by atoms with Crippen LogP contribution in [0.5, 0.6) is 17.2 Å². The molecule has 3 aromatic rings. The van der Waals surface area contributed by atoms with E-state index in [9.17, 15) is 9.59 Å². The van der Waals surface area contributed by atoms with Gasteiger partial charge in [0.15, 0.2) is 17.6 Å². The smallest absolute Gasteiger partial charge is 0.266 e. The quantitative estimate of drug-likeness (QED) is 0.499. The first-order valence-corrected chi connectivity index (χ1v) is 11.2. The molecule has 0 aliphatic carbocycles. The van der Waals surface area contributed by atoms with E-state index in [1.807, 2.05) is 61.5 Å². The molecule has 3 aromatic carbocycles. The Labute approximate surface area is 203 Å². The van der Waals surface area contributed by atoms with Crippen LogP contribution in [0.25, 0.3) is 0 Å². The Balaban J connectivity index is 1.66. The molecular formula is C27H26N2O6. The number of benzene rings is 3. The van der Waals surface area contributed by atoms with Gasteiger partial charge in [-0.05, 0) is 48.9 Å². The van der Waals surface area contributed by atoms with Gasteiger partial charge in [-0.2, -0.15) is 0 Å².